The van der Waals surface area contributed by atoms with Crippen LogP contribution in [0.15, 0.2) is 47.0 Å². The zero-order valence-corrected chi connectivity index (χ0v) is 18.7. The molecule has 0 spiro atoms. The Kier molecular flexibility index (Phi) is 6.63. The first-order valence-corrected chi connectivity index (χ1v) is 10.5. The van der Waals surface area contributed by atoms with Crippen LogP contribution in [0, 0.1) is 15.9 Å². The normalized spacial score (nSPS) is 13.4. The summed E-state index contributed by atoms with van der Waals surface area (Å²) in [6, 6.07) is 7.16. The number of ether oxygens (including phenoxy) is 1. The van der Waals surface area contributed by atoms with Crippen molar-refractivity contribution in [1.29, 1.82) is 0 Å². The first kappa shape index (κ1) is 23.0. The molecule has 11 nitrogen and oxygen atoms in total. The highest BCUT2D eigenvalue weighted by atomic mass is 32.1. The molecular formula is C21H19FN6O5S. The number of thiocarbonyl (C=S) groups is 1. The highest BCUT2D eigenvalue weighted by molar-refractivity contribution is 7.80. The van der Waals surface area contributed by atoms with Gasteiger partial charge >= 0.3 is 5.88 Å². The van der Waals surface area contributed by atoms with Gasteiger partial charge in [0.2, 0.25) is 0 Å². The van der Waals surface area contributed by atoms with E-state index in [0.717, 1.165) is 11.6 Å². The molecule has 2 aromatic heterocycles. The van der Waals surface area contributed by atoms with Gasteiger partial charge in [-0.25, -0.2) is 9.07 Å². The maximum atomic E-state index is 14.9. The summed E-state index contributed by atoms with van der Waals surface area (Å²) in [5.41, 5.74) is 2.29. The number of methoxy groups -OCH3 is 1. The van der Waals surface area contributed by atoms with Crippen LogP contribution in [0.4, 0.5) is 10.3 Å². The highest BCUT2D eigenvalue weighted by Crippen LogP contribution is 2.27. The molecule has 0 unspecified atom stereocenters. The van der Waals surface area contributed by atoms with Gasteiger partial charge in [-0.1, -0.05) is 11.3 Å². The van der Waals surface area contributed by atoms with Crippen LogP contribution in [0.25, 0.3) is 11.3 Å². The fourth-order valence-electron chi connectivity index (χ4n) is 3.44. The zero-order chi connectivity index (χ0) is 24.2. The van der Waals surface area contributed by atoms with Crippen LogP contribution in [-0.2, 0) is 11.3 Å². The number of hydrogen-bond acceptors (Lipinski definition) is 8. The molecule has 176 valence electrons. The monoisotopic (exact) mass is 486 g/mol. The smallest absolute Gasteiger partial charge is 0.433 e. The molecule has 0 atom stereocenters. The lowest BCUT2D eigenvalue weighted by Gasteiger charge is -2.26. The van der Waals surface area contributed by atoms with Gasteiger partial charge in [0, 0.05) is 24.7 Å². The number of nitrogens with zero attached hydrogens (tertiary/aromatic N) is 5. The number of carbonyl (C=O) groups is 1. The third kappa shape index (κ3) is 4.93. The molecule has 1 aliphatic heterocycles. The molecule has 1 aromatic carbocycles. The second-order valence-electron chi connectivity index (χ2n) is 7.29. The third-order valence-corrected chi connectivity index (χ3v) is 5.49. The Labute approximate surface area is 197 Å². The van der Waals surface area contributed by atoms with Gasteiger partial charge in [0.1, 0.15) is 16.4 Å². The van der Waals surface area contributed by atoms with E-state index in [1.165, 1.54) is 28.8 Å². The topological polar surface area (TPSA) is 129 Å². The van der Waals surface area contributed by atoms with E-state index in [2.05, 4.69) is 15.6 Å². The molecular weight excluding hydrogens is 467 g/mol. The lowest BCUT2D eigenvalue weighted by Crippen LogP contribution is -2.34. The van der Waals surface area contributed by atoms with E-state index < -0.39 is 22.5 Å². The number of carbonyl (C=O) groups excluding carboxylic acids is 1. The van der Waals surface area contributed by atoms with E-state index in [4.69, 9.17) is 21.4 Å². The maximum Gasteiger partial charge on any atom is 0.433 e. The van der Waals surface area contributed by atoms with Crippen LogP contribution in [0.1, 0.15) is 28.2 Å². The Bertz CT molecular complexity index is 1290. The summed E-state index contributed by atoms with van der Waals surface area (Å²) in [6.07, 6.45) is 3.83. The molecule has 0 aliphatic carbocycles. The molecule has 3 heterocycles. The SMILES string of the molecule is COC(=S)NCc1cn(-c2ccc(C3=CCN(C(=O)c4ccc([N+](=O)[O-])o4)CC3)c(F)c2)nn1. The van der Waals surface area contributed by atoms with E-state index in [1.807, 2.05) is 0 Å². The van der Waals surface area contributed by atoms with Gasteiger partial charge in [-0.3, -0.25) is 14.9 Å². The van der Waals surface area contributed by atoms with Crippen molar-refractivity contribution >= 4 is 34.8 Å². The molecule has 0 bridgehead atoms. The second kappa shape index (κ2) is 9.79. The first-order chi connectivity index (χ1) is 16.4. The molecule has 1 amide bonds. The molecule has 4 rings (SSSR count). The second-order valence-corrected chi connectivity index (χ2v) is 7.66. The van der Waals surface area contributed by atoms with E-state index in [-0.39, 0.29) is 17.5 Å². The maximum absolute atomic E-state index is 14.9. The Balaban J connectivity index is 1.43. The van der Waals surface area contributed by atoms with Gasteiger partial charge in [-0.15, -0.1) is 5.10 Å². The minimum Gasteiger partial charge on any atom is -0.474 e. The van der Waals surface area contributed by atoms with Crippen LogP contribution in [-0.4, -0.2) is 56.1 Å². The van der Waals surface area contributed by atoms with E-state index in [0.29, 0.717) is 36.5 Å². The Morgan fingerprint density at radius 3 is 2.85 bits per heavy atom. The Hall–Kier alpha value is -4.13. The first-order valence-electron chi connectivity index (χ1n) is 10.1. The largest absolute Gasteiger partial charge is 0.474 e. The van der Waals surface area contributed by atoms with Crippen molar-refractivity contribution < 1.29 is 23.3 Å². The molecule has 0 radical (unpaired) electrons. The van der Waals surface area contributed by atoms with Gasteiger partial charge in [0.15, 0.2) is 5.76 Å². The number of benzene rings is 1. The minimum atomic E-state index is -0.703. The quantitative estimate of drug-likeness (QED) is 0.318. The Morgan fingerprint density at radius 2 is 2.21 bits per heavy atom. The van der Waals surface area contributed by atoms with Gasteiger partial charge in [0.05, 0.1) is 31.6 Å². The average molecular weight is 486 g/mol. The lowest BCUT2D eigenvalue weighted by molar-refractivity contribution is -0.402. The summed E-state index contributed by atoms with van der Waals surface area (Å²) in [5.74, 6) is -1.48. The average Bonchev–Trinajstić information content (AvgIpc) is 3.52. The summed E-state index contributed by atoms with van der Waals surface area (Å²) < 4.78 is 26.2. The van der Waals surface area contributed by atoms with Crippen molar-refractivity contribution in [2.45, 2.75) is 13.0 Å². The molecule has 0 saturated heterocycles. The fourth-order valence-corrected chi connectivity index (χ4v) is 3.51. The fraction of sp³-hybridized carbons (Fsp3) is 0.238. The van der Waals surface area contributed by atoms with Crippen LogP contribution in [0.2, 0.25) is 0 Å². The molecule has 0 saturated carbocycles. The van der Waals surface area contributed by atoms with Crippen molar-refractivity contribution in [3.8, 4) is 5.69 Å². The van der Waals surface area contributed by atoms with Crippen LogP contribution in [0.3, 0.4) is 0 Å². The Morgan fingerprint density at radius 1 is 1.38 bits per heavy atom. The zero-order valence-electron chi connectivity index (χ0n) is 17.9. The number of furan rings is 1. The van der Waals surface area contributed by atoms with Crippen molar-refractivity contribution in [2.24, 2.45) is 0 Å². The number of amides is 1. The van der Waals surface area contributed by atoms with Gasteiger partial charge in [0.25, 0.3) is 11.1 Å². The van der Waals surface area contributed by atoms with E-state index in [9.17, 15) is 19.3 Å². The van der Waals surface area contributed by atoms with Crippen LogP contribution >= 0.6 is 12.2 Å². The molecule has 34 heavy (non-hydrogen) atoms. The summed E-state index contributed by atoms with van der Waals surface area (Å²) in [4.78, 5) is 24.1. The van der Waals surface area contributed by atoms with Crippen molar-refractivity contribution in [2.75, 3.05) is 20.2 Å². The number of nitro groups is 1. The minimum absolute atomic E-state index is 0.106. The molecule has 13 heteroatoms. The van der Waals surface area contributed by atoms with Crippen LogP contribution < -0.4 is 5.32 Å². The predicted octanol–water partition coefficient (Wildman–Crippen LogP) is 2.86. The molecule has 1 N–H and O–H groups in total. The standard InChI is InChI=1S/C21H19FN6O5S/c1-32-21(34)23-11-14-12-27(25-24-14)15-2-3-16(17(22)10-15)13-6-8-26(9-7-13)20(29)18-4-5-19(33-18)28(30)31/h2-6,10,12H,7-9,11H2,1H3,(H,23,34). The summed E-state index contributed by atoms with van der Waals surface area (Å²) in [6.45, 7) is 0.871. The summed E-state index contributed by atoms with van der Waals surface area (Å²) >= 11 is 4.91. The van der Waals surface area contributed by atoms with Gasteiger partial charge in [-0.2, -0.15) is 0 Å². The van der Waals surface area contributed by atoms with Gasteiger partial charge in [-0.05, 0) is 42.4 Å². The van der Waals surface area contributed by atoms with Crippen molar-refractivity contribution in [1.82, 2.24) is 25.2 Å². The number of nitrogens with one attached hydrogen (secondary N) is 1. The van der Waals surface area contributed by atoms with E-state index >= 15 is 0 Å². The molecule has 1 aliphatic rings. The lowest BCUT2D eigenvalue weighted by atomic mass is 9.98. The summed E-state index contributed by atoms with van der Waals surface area (Å²) in [7, 11) is 1.46. The van der Waals surface area contributed by atoms with Crippen molar-refractivity contribution in [3.63, 3.8) is 0 Å². The summed E-state index contributed by atoms with van der Waals surface area (Å²) in [5, 5.41) is 21.9. The predicted molar refractivity (Wildman–Crippen MR) is 122 cm³/mol. The third-order valence-electron chi connectivity index (χ3n) is 5.18. The molecule has 3 aromatic rings. The van der Waals surface area contributed by atoms with Crippen molar-refractivity contribution in [3.05, 3.63) is 75.6 Å². The highest BCUT2D eigenvalue weighted by Gasteiger charge is 2.25. The molecule has 0 fully saturated rings. The number of halogens is 1. The number of aromatic nitrogens is 3. The number of rotatable bonds is 6. The number of hydrogen-bond donors (Lipinski definition) is 1. The van der Waals surface area contributed by atoms with Gasteiger partial charge < -0.3 is 19.4 Å². The van der Waals surface area contributed by atoms with Crippen LogP contribution in [0.5, 0.6) is 0 Å². The van der Waals surface area contributed by atoms with E-state index in [1.54, 1.807) is 24.4 Å².